The number of nitrogens with zero attached hydrogens (tertiary/aromatic N) is 3. The van der Waals surface area contributed by atoms with Gasteiger partial charge in [-0.1, -0.05) is 45.3 Å². The molecule has 1 saturated carbocycles. The van der Waals surface area contributed by atoms with Gasteiger partial charge in [0.25, 0.3) is 0 Å². The minimum Gasteiger partial charge on any atom is -0.394 e. The van der Waals surface area contributed by atoms with Crippen molar-refractivity contribution in [3.63, 3.8) is 0 Å². The molecule has 2 bridgehead atoms. The Morgan fingerprint density at radius 2 is 1.86 bits per heavy atom. The van der Waals surface area contributed by atoms with Gasteiger partial charge < -0.3 is 19.8 Å². The van der Waals surface area contributed by atoms with Gasteiger partial charge in [-0.05, 0) is 31.6 Å². The van der Waals surface area contributed by atoms with Crippen LogP contribution in [0.4, 0.5) is 0 Å². The second-order valence-electron chi connectivity index (χ2n) is 11.1. The number of aliphatic hydroxyl groups excluding tert-OH is 1. The molecule has 200 valence electrons. The number of hydrogen-bond donors (Lipinski definition) is 1. The summed E-state index contributed by atoms with van der Waals surface area (Å²) in [5.41, 5.74) is 0. The lowest BCUT2D eigenvalue weighted by atomic mass is 9.65. The SMILES string of the molecule is C=CCN(C)C(=O)[C@@H]1[C@@H]2CC(C)C3(S2)C(C(=O)N(CC=C)C2CCCCC2)N([C@@H](CC)CO)C(=O)[C@H]13. The molecular formula is C28H43N3O4S. The standard InChI is InChI=1S/C28H43N3O4S/c1-6-14-29(5)25(33)22-21-16-18(4)28(36-21)23(22)26(34)31(19(8-3)17-32)24(28)27(35)30(15-7-2)20-12-10-9-11-13-20/h6-7,18-24,32H,1-2,8-17H2,3-5H3/t18?,19-,21-,22+,23-,24?,28?/m0/s1. The van der Waals surface area contributed by atoms with E-state index in [1.54, 1.807) is 40.8 Å². The summed E-state index contributed by atoms with van der Waals surface area (Å²) >= 11 is 1.70. The zero-order valence-electron chi connectivity index (χ0n) is 22.1. The quantitative estimate of drug-likeness (QED) is 0.451. The van der Waals surface area contributed by atoms with E-state index in [1.807, 2.05) is 11.8 Å². The molecule has 4 rings (SSSR count). The van der Waals surface area contributed by atoms with E-state index in [1.165, 1.54) is 6.42 Å². The second kappa shape index (κ2) is 10.9. The Hall–Kier alpha value is -1.80. The Balaban J connectivity index is 1.79. The van der Waals surface area contributed by atoms with Gasteiger partial charge in [0.05, 0.1) is 29.2 Å². The first kappa shape index (κ1) is 27.2. The number of hydrogen-bond acceptors (Lipinski definition) is 5. The summed E-state index contributed by atoms with van der Waals surface area (Å²) < 4.78 is -0.662. The number of likely N-dealkylation sites (tertiary alicyclic amines) is 1. The van der Waals surface area contributed by atoms with Crippen molar-refractivity contribution in [2.75, 3.05) is 26.7 Å². The smallest absolute Gasteiger partial charge is 0.247 e. The lowest BCUT2D eigenvalue weighted by Gasteiger charge is -2.44. The van der Waals surface area contributed by atoms with Gasteiger partial charge in [-0.15, -0.1) is 24.9 Å². The van der Waals surface area contributed by atoms with Crippen molar-refractivity contribution in [3.05, 3.63) is 25.3 Å². The number of rotatable bonds is 10. The van der Waals surface area contributed by atoms with Crippen LogP contribution in [0, 0.1) is 17.8 Å². The molecule has 8 heteroatoms. The molecule has 4 fully saturated rings. The molecule has 36 heavy (non-hydrogen) atoms. The average molecular weight is 518 g/mol. The fraction of sp³-hybridized carbons (Fsp3) is 0.750. The van der Waals surface area contributed by atoms with E-state index in [4.69, 9.17) is 0 Å². The number of likely N-dealkylation sites (N-methyl/N-ethyl adjacent to an activating group) is 1. The molecule has 3 unspecified atom stereocenters. The highest BCUT2D eigenvalue weighted by molar-refractivity contribution is 8.02. The van der Waals surface area contributed by atoms with E-state index in [9.17, 15) is 19.5 Å². The van der Waals surface area contributed by atoms with E-state index in [-0.39, 0.29) is 41.5 Å². The number of fused-ring (bicyclic) bond motifs is 1. The van der Waals surface area contributed by atoms with Crippen LogP contribution in [0.25, 0.3) is 0 Å². The molecule has 3 heterocycles. The molecule has 0 aromatic heterocycles. The molecule has 0 aromatic carbocycles. The molecule has 4 aliphatic rings. The molecule has 1 N–H and O–H groups in total. The third-order valence-corrected chi connectivity index (χ3v) is 11.3. The largest absolute Gasteiger partial charge is 0.394 e. The molecule has 1 aliphatic carbocycles. The first-order chi connectivity index (χ1) is 17.3. The third-order valence-electron chi connectivity index (χ3n) is 9.18. The Labute approximate surface area is 220 Å². The van der Waals surface area contributed by atoms with Crippen LogP contribution >= 0.6 is 11.8 Å². The van der Waals surface area contributed by atoms with Gasteiger partial charge in [-0.2, -0.15) is 0 Å². The summed E-state index contributed by atoms with van der Waals surface area (Å²) in [6, 6.07) is -0.987. The summed E-state index contributed by atoms with van der Waals surface area (Å²) in [4.78, 5) is 47.8. The minimum absolute atomic E-state index is 0.0166. The number of thioether (sulfide) groups is 1. The van der Waals surface area contributed by atoms with Gasteiger partial charge in [0, 0.05) is 31.4 Å². The molecule has 7 nitrogen and oxygen atoms in total. The van der Waals surface area contributed by atoms with E-state index < -0.39 is 28.7 Å². The van der Waals surface area contributed by atoms with E-state index >= 15 is 0 Å². The van der Waals surface area contributed by atoms with Crippen LogP contribution in [0.15, 0.2) is 25.3 Å². The Kier molecular flexibility index (Phi) is 8.25. The van der Waals surface area contributed by atoms with Crippen LogP contribution in [0.1, 0.15) is 58.8 Å². The second-order valence-corrected chi connectivity index (χ2v) is 12.7. The maximum atomic E-state index is 14.6. The van der Waals surface area contributed by atoms with Gasteiger partial charge >= 0.3 is 0 Å². The van der Waals surface area contributed by atoms with Crippen molar-refractivity contribution in [2.45, 2.75) is 86.9 Å². The first-order valence-electron chi connectivity index (χ1n) is 13.7. The molecule has 0 aromatic rings. The average Bonchev–Trinajstić information content (AvgIpc) is 3.47. The summed E-state index contributed by atoms with van der Waals surface area (Å²) in [6.45, 7) is 12.5. The summed E-state index contributed by atoms with van der Waals surface area (Å²) in [7, 11) is 1.76. The molecular weight excluding hydrogens is 474 g/mol. The van der Waals surface area contributed by atoms with Crippen LogP contribution in [-0.4, -0.2) is 92.4 Å². The van der Waals surface area contributed by atoms with Crippen molar-refractivity contribution in [1.82, 2.24) is 14.7 Å². The normalized spacial score (nSPS) is 34.4. The van der Waals surface area contributed by atoms with Crippen LogP contribution in [0.2, 0.25) is 0 Å². The van der Waals surface area contributed by atoms with Gasteiger partial charge in [-0.25, -0.2) is 0 Å². The maximum Gasteiger partial charge on any atom is 0.247 e. The Bertz CT molecular complexity index is 886. The van der Waals surface area contributed by atoms with Crippen LogP contribution in [0.3, 0.4) is 0 Å². The molecule has 7 atom stereocenters. The van der Waals surface area contributed by atoms with Crippen LogP contribution in [0.5, 0.6) is 0 Å². The first-order valence-corrected chi connectivity index (χ1v) is 14.5. The predicted molar refractivity (Wildman–Crippen MR) is 143 cm³/mol. The van der Waals surface area contributed by atoms with Crippen molar-refractivity contribution < 1.29 is 19.5 Å². The molecule has 3 saturated heterocycles. The number of amides is 3. The predicted octanol–water partition coefficient (Wildman–Crippen LogP) is 3.09. The highest BCUT2D eigenvalue weighted by Crippen LogP contribution is 2.69. The third kappa shape index (κ3) is 4.12. The summed E-state index contributed by atoms with van der Waals surface area (Å²) in [6.07, 6.45) is 10.2. The van der Waals surface area contributed by atoms with Crippen molar-refractivity contribution in [2.24, 2.45) is 17.8 Å². The number of aliphatic hydroxyl groups is 1. The van der Waals surface area contributed by atoms with E-state index in [2.05, 4.69) is 20.1 Å². The molecule has 0 radical (unpaired) electrons. The van der Waals surface area contributed by atoms with Gasteiger partial charge in [0.2, 0.25) is 17.7 Å². The van der Waals surface area contributed by atoms with Crippen LogP contribution in [-0.2, 0) is 14.4 Å². The minimum atomic E-state index is -0.679. The lowest BCUT2D eigenvalue weighted by Crippen LogP contribution is -2.60. The lowest BCUT2D eigenvalue weighted by molar-refractivity contribution is -0.148. The van der Waals surface area contributed by atoms with Crippen molar-refractivity contribution in [3.8, 4) is 0 Å². The van der Waals surface area contributed by atoms with Gasteiger partial charge in [-0.3, -0.25) is 14.4 Å². The van der Waals surface area contributed by atoms with E-state index in [0.717, 1.165) is 32.1 Å². The van der Waals surface area contributed by atoms with Gasteiger partial charge in [0.15, 0.2) is 0 Å². The summed E-state index contributed by atoms with van der Waals surface area (Å²) in [5.74, 6) is -1.10. The van der Waals surface area contributed by atoms with Crippen molar-refractivity contribution in [1.29, 1.82) is 0 Å². The monoisotopic (exact) mass is 517 g/mol. The zero-order chi connectivity index (χ0) is 26.2. The Morgan fingerprint density at radius 1 is 1.19 bits per heavy atom. The number of carbonyl (C=O) groups excluding carboxylic acids is 3. The summed E-state index contributed by atoms with van der Waals surface area (Å²) in [5, 5.41) is 10.3. The molecule has 1 spiro atoms. The Morgan fingerprint density at radius 3 is 2.44 bits per heavy atom. The highest BCUT2D eigenvalue weighted by atomic mass is 32.2. The van der Waals surface area contributed by atoms with Crippen molar-refractivity contribution >= 4 is 29.5 Å². The van der Waals surface area contributed by atoms with Gasteiger partial charge in [0.1, 0.15) is 6.04 Å². The number of carbonyl (C=O) groups is 3. The van der Waals surface area contributed by atoms with Crippen LogP contribution < -0.4 is 0 Å². The van der Waals surface area contributed by atoms with E-state index in [0.29, 0.717) is 19.5 Å². The zero-order valence-corrected chi connectivity index (χ0v) is 22.9. The topological polar surface area (TPSA) is 81.2 Å². The molecule has 3 aliphatic heterocycles. The fourth-order valence-corrected chi connectivity index (χ4v) is 9.87. The molecule has 3 amide bonds. The fourth-order valence-electron chi connectivity index (χ4n) is 7.47. The highest BCUT2D eigenvalue weighted by Gasteiger charge is 2.77. The maximum absolute atomic E-state index is 14.6.